The van der Waals surface area contributed by atoms with Crippen LogP contribution in [-0.4, -0.2) is 61.0 Å². The molecule has 3 heterocycles. The summed E-state index contributed by atoms with van der Waals surface area (Å²) in [5.41, 5.74) is 2.70. The van der Waals surface area contributed by atoms with Gasteiger partial charge in [0.05, 0.1) is 26.0 Å². The van der Waals surface area contributed by atoms with Gasteiger partial charge < -0.3 is 25.3 Å². The topological polar surface area (TPSA) is 108 Å². The number of ether oxygens (including phenoxy) is 3. The predicted octanol–water partition coefficient (Wildman–Crippen LogP) is 2.49. The second kappa shape index (κ2) is 9.00. The van der Waals surface area contributed by atoms with Crippen LogP contribution in [-0.2, 0) is 15.0 Å². The molecule has 2 aliphatic heterocycles. The van der Waals surface area contributed by atoms with Gasteiger partial charge in [0.1, 0.15) is 23.9 Å². The fourth-order valence-electron chi connectivity index (χ4n) is 3.65. The highest BCUT2D eigenvalue weighted by molar-refractivity contribution is 8.13. The van der Waals surface area contributed by atoms with Crippen molar-refractivity contribution in [3.63, 3.8) is 0 Å². The van der Waals surface area contributed by atoms with Gasteiger partial charge in [-0.05, 0) is 30.3 Å². The fraction of sp³-hybridized carbons (Fsp3) is 0.381. The summed E-state index contributed by atoms with van der Waals surface area (Å²) in [6, 6.07) is 7.02. The number of pyridine rings is 1. The van der Waals surface area contributed by atoms with Crippen molar-refractivity contribution in [3.05, 3.63) is 53.6 Å². The number of hydrogen-bond donors (Lipinski definition) is 2. The molecule has 2 aliphatic rings. The minimum absolute atomic E-state index is 0.00107. The SMILES string of the molecule is COCCOc1ccc(C(=O)Nc2ccc(F)c(C34COCC3(F)CSC(N)=N4)c2)nc1. The summed E-state index contributed by atoms with van der Waals surface area (Å²) >= 11 is 1.07. The molecule has 1 amide bonds. The average Bonchev–Trinajstić information content (AvgIpc) is 3.13. The first kappa shape index (κ1) is 22.4. The maximum Gasteiger partial charge on any atom is 0.274 e. The third-order valence-electron chi connectivity index (χ3n) is 5.33. The van der Waals surface area contributed by atoms with Crippen LogP contribution in [0.1, 0.15) is 16.1 Å². The molecule has 1 saturated heterocycles. The Morgan fingerprint density at radius 1 is 1.31 bits per heavy atom. The van der Waals surface area contributed by atoms with Gasteiger partial charge in [0.25, 0.3) is 5.91 Å². The first-order valence-electron chi connectivity index (χ1n) is 9.81. The smallest absolute Gasteiger partial charge is 0.274 e. The van der Waals surface area contributed by atoms with Crippen LogP contribution in [0.3, 0.4) is 0 Å². The fourth-order valence-corrected chi connectivity index (χ4v) is 4.57. The number of aromatic nitrogens is 1. The number of thioether (sulfide) groups is 1. The van der Waals surface area contributed by atoms with Gasteiger partial charge >= 0.3 is 0 Å². The summed E-state index contributed by atoms with van der Waals surface area (Å²) in [6.45, 7) is 0.423. The maximum absolute atomic E-state index is 15.7. The summed E-state index contributed by atoms with van der Waals surface area (Å²) in [4.78, 5) is 21.0. The minimum atomic E-state index is -1.91. The molecule has 2 unspecified atom stereocenters. The maximum atomic E-state index is 15.7. The monoisotopic (exact) mass is 464 g/mol. The lowest BCUT2D eigenvalue weighted by molar-refractivity contribution is 0.102. The highest BCUT2D eigenvalue weighted by atomic mass is 32.2. The van der Waals surface area contributed by atoms with Crippen LogP contribution in [0.5, 0.6) is 5.75 Å². The number of alkyl halides is 1. The van der Waals surface area contributed by atoms with Gasteiger partial charge in [-0.2, -0.15) is 0 Å². The first-order valence-corrected chi connectivity index (χ1v) is 10.8. The molecule has 32 heavy (non-hydrogen) atoms. The minimum Gasteiger partial charge on any atom is -0.490 e. The van der Waals surface area contributed by atoms with Crippen molar-refractivity contribution in [2.24, 2.45) is 10.7 Å². The molecule has 1 aromatic carbocycles. The zero-order valence-corrected chi connectivity index (χ0v) is 18.1. The molecule has 8 nitrogen and oxygen atoms in total. The Hall–Kier alpha value is -2.76. The van der Waals surface area contributed by atoms with Crippen molar-refractivity contribution in [2.75, 3.05) is 44.6 Å². The average molecular weight is 464 g/mol. The van der Waals surface area contributed by atoms with Crippen LogP contribution >= 0.6 is 11.8 Å². The lowest BCUT2D eigenvalue weighted by atomic mass is 9.79. The number of carbonyl (C=O) groups is 1. The molecule has 1 fully saturated rings. The number of anilines is 1. The van der Waals surface area contributed by atoms with Crippen LogP contribution in [0.4, 0.5) is 14.5 Å². The molecule has 0 spiro atoms. The summed E-state index contributed by atoms with van der Waals surface area (Å²) < 4.78 is 46.2. The van der Waals surface area contributed by atoms with Crippen LogP contribution in [0.25, 0.3) is 0 Å². The van der Waals surface area contributed by atoms with E-state index in [0.717, 1.165) is 17.8 Å². The third-order valence-corrected chi connectivity index (χ3v) is 6.32. The molecule has 1 aromatic heterocycles. The number of benzene rings is 1. The molecule has 3 N–H and O–H groups in total. The number of amidine groups is 1. The Morgan fingerprint density at radius 2 is 2.16 bits per heavy atom. The van der Waals surface area contributed by atoms with Crippen molar-refractivity contribution in [3.8, 4) is 5.75 Å². The second-order valence-electron chi connectivity index (χ2n) is 7.43. The number of nitrogens with two attached hydrogens (primary N) is 1. The Kier molecular flexibility index (Phi) is 6.31. The number of hydrogen-bond acceptors (Lipinski definition) is 8. The van der Waals surface area contributed by atoms with E-state index in [1.165, 1.54) is 24.4 Å². The molecule has 170 valence electrons. The molecule has 11 heteroatoms. The number of aliphatic imine (C=N–C) groups is 1. The van der Waals surface area contributed by atoms with Gasteiger partial charge in [-0.15, -0.1) is 0 Å². The van der Waals surface area contributed by atoms with Gasteiger partial charge in [-0.3, -0.25) is 4.79 Å². The van der Waals surface area contributed by atoms with Crippen LogP contribution < -0.4 is 15.8 Å². The number of methoxy groups -OCH3 is 1. The first-order chi connectivity index (χ1) is 15.4. The van der Waals surface area contributed by atoms with E-state index < -0.39 is 22.9 Å². The Balaban J connectivity index is 1.56. The number of rotatable bonds is 7. The van der Waals surface area contributed by atoms with E-state index in [1.807, 2.05) is 0 Å². The molecule has 2 aromatic rings. The third kappa shape index (κ3) is 4.15. The summed E-state index contributed by atoms with van der Waals surface area (Å²) in [5, 5.41) is 2.82. The van der Waals surface area contributed by atoms with E-state index in [-0.39, 0.29) is 41.1 Å². The molecule has 0 aliphatic carbocycles. The van der Waals surface area contributed by atoms with Crippen molar-refractivity contribution >= 4 is 28.5 Å². The van der Waals surface area contributed by atoms with Gasteiger partial charge in [0.2, 0.25) is 0 Å². The zero-order valence-electron chi connectivity index (χ0n) is 17.3. The van der Waals surface area contributed by atoms with Crippen molar-refractivity contribution < 1.29 is 27.8 Å². The number of nitrogens with zero attached hydrogens (tertiary/aromatic N) is 2. The number of halogens is 2. The summed E-state index contributed by atoms with van der Waals surface area (Å²) in [6.07, 6.45) is 1.42. The highest BCUT2D eigenvalue weighted by Crippen LogP contribution is 2.50. The highest BCUT2D eigenvalue weighted by Gasteiger charge is 2.61. The van der Waals surface area contributed by atoms with Crippen LogP contribution in [0.2, 0.25) is 0 Å². The second-order valence-corrected chi connectivity index (χ2v) is 8.42. The van der Waals surface area contributed by atoms with Gasteiger partial charge in [-0.25, -0.2) is 18.8 Å². The Labute approximate surface area is 187 Å². The normalized spacial score (nSPS) is 24.5. The van der Waals surface area contributed by atoms with E-state index in [1.54, 1.807) is 13.2 Å². The molecule has 0 bridgehead atoms. The van der Waals surface area contributed by atoms with E-state index in [4.69, 9.17) is 19.9 Å². The lowest BCUT2D eigenvalue weighted by Gasteiger charge is -2.38. The Morgan fingerprint density at radius 3 is 2.91 bits per heavy atom. The zero-order chi connectivity index (χ0) is 22.8. The molecule has 0 radical (unpaired) electrons. The van der Waals surface area contributed by atoms with Gasteiger partial charge in [0, 0.05) is 24.1 Å². The molecular weight excluding hydrogens is 442 g/mol. The van der Waals surface area contributed by atoms with Crippen molar-refractivity contribution in [2.45, 2.75) is 11.2 Å². The van der Waals surface area contributed by atoms with E-state index in [9.17, 15) is 9.18 Å². The van der Waals surface area contributed by atoms with E-state index in [2.05, 4.69) is 15.3 Å². The number of fused-ring (bicyclic) bond motifs is 1. The number of amides is 1. The lowest BCUT2D eigenvalue weighted by Crippen LogP contribution is -2.52. The summed E-state index contributed by atoms with van der Waals surface area (Å²) in [7, 11) is 1.57. The van der Waals surface area contributed by atoms with Gasteiger partial charge in [-0.1, -0.05) is 11.8 Å². The van der Waals surface area contributed by atoms with E-state index in [0.29, 0.717) is 19.0 Å². The number of carbonyl (C=O) groups excluding carboxylic acids is 1. The van der Waals surface area contributed by atoms with Crippen molar-refractivity contribution in [1.29, 1.82) is 0 Å². The Bertz CT molecular complexity index is 1040. The van der Waals surface area contributed by atoms with Crippen LogP contribution in [0.15, 0.2) is 41.5 Å². The molecule has 2 atom stereocenters. The summed E-state index contributed by atoms with van der Waals surface area (Å²) in [5.74, 6) is -0.677. The van der Waals surface area contributed by atoms with Crippen molar-refractivity contribution in [1.82, 2.24) is 4.98 Å². The predicted molar refractivity (Wildman–Crippen MR) is 116 cm³/mol. The quantitative estimate of drug-likeness (QED) is 0.606. The molecule has 4 rings (SSSR count). The van der Waals surface area contributed by atoms with Crippen LogP contribution in [0, 0.1) is 5.82 Å². The molecular formula is C21H22F2N4O4S. The van der Waals surface area contributed by atoms with Gasteiger partial charge in [0.15, 0.2) is 16.4 Å². The molecule has 0 saturated carbocycles. The standard InChI is InChI=1S/C21H22F2N4O4S/c1-29-6-7-31-14-3-5-17(25-9-14)18(28)26-13-2-4-16(22)15(8-13)21-11-30-10-20(21,23)12-32-19(24)27-21/h2-5,8-9H,6-7,10-12H2,1H3,(H2,24,27)(H,26,28). The number of nitrogens with one attached hydrogen (secondary N) is 1. The largest absolute Gasteiger partial charge is 0.490 e. The van der Waals surface area contributed by atoms with E-state index >= 15 is 4.39 Å².